The summed E-state index contributed by atoms with van der Waals surface area (Å²) < 4.78 is 51.7. The van der Waals surface area contributed by atoms with Crippen LogP contribution in [0.4, 0.5) is 15.8 Å². The van der Waals surface area contributed by atoms with Crippen LogP contribution in [0.15, 0.2) is 65.0 Å². The van der Waals surface area contributed by atoms with Crippen molar-refractivity contribution in [1.82, 2.24) is 0 Å². The molecule has 2 aromatic carbocycles. The summed E-state index contributed by atoms with van der Waals surface area (Å²) in [5, 5.41) is 4.54. The number of fused-ring (bicyclic) bond motifs is 1. The van der Waals surface area contributed by atoms with E-state index >= 15 is 0 Å². The smallest absolute Gasteiger partial charge is 0.270 e. The van der Waals surface area contributed by atoms with Crippen molar-refractivity contribution in [2.75, 3.05) is 23.8 Å². The first-order valence-electron chi connectivity index (χ1n) is 9.42. The second kappa shape index (κ2) is 8.64. The Morgan fingerprint density at radius 2 is 1.72 bits per heavy atom. The Kier molecular flexibility index (Phi) is 5.90. The van der Waals surface area contributed by atoms with Crippen LogP contribution in [0.5, 0.6) is 11.5 Å². The standard InChI is InChI=1S/C22H19FN2O5S2/c1-29-17-9-16(10-18(11-17)30-2)24-12-20-21(26)22-19(7-8-31-22)25(32(20,27)28)13-14-3-5-15(23)6-4-14/h3-12,24H,13H2,1-2H3/b20-12-. The highest BCUT2D eigenvalue weighted by Crippen LogP contribution is 2.39. The number of methoxy groups -OCH3 is 2. The number of carbonyl (C=O) groups excluding carboxylic acids is 1. The molecule has 0 aliphatic carbocycles. The largest absolute Gasteiger partial charge is 0.497 e. The third kappa shape index (κ3) is 4.06. The Bertz CT molecular complexity index is 1280. The predicted octanol–water partition coefficient (Wildman–Crippen LogP) is 4.39. The van der Waals surface area contributed by atoms with E-state index in [9.17, 15) is 17.6 Å². The quantitative estimate of drug-likeness (QED) is 0.534. The van der Waals surface area contributed by atoms with Crippen molar-refractivity contribution in [2.24, 2.45) is 0 Å². The minimum Gasteiger partial charge on any atom is -0.497 e. The van der Waals surface area contributed by atoms with E-state index in [2.05, 4.69) is 5.32 Å². The molecule has 1 N–H and O–H groups in total. The number of sulfonamides is 1. The highest BCUT2D eigenvalue weighted by atomic mass is 32.2. The van der Waals surface area contributed by atoms with Crippen LogP contribution in [-0.4, -0.2) is 28.4 Å². The Morgan fingerprint density at radius 1 is 1.06 bits per heavy atom. The number of hydrogen-bond donors (Lipinski definition) is 1. The van der Waals surface area contributed by atoms with E-state index in [0.29, 0.717) is 33.3 Å². The van der Waals surface area contributed by atoms with Gasteiger partial charge in [-0.15, -0.1) is 11.3 Å². The lowest BCUT2D eigenvalue weighted by molar-refractivity contribution is 0.104. The normalized spacial score (nSPS) is 16.0. The van der Waals surface area contributed by atoms with Crippen LogP contribution in [0.2, 0.25) is 0 Å². The van der Waals surface area contributed by atoms with Crippen molar-refractivity contribution in [2.45, 2.75) is 6.54 Å². The number of anilines is 2. The van der Waals surface area contributed by atoms with E-state index in [1.54, 1.807) is 29.6 Å². The number of nitrogens with one attached hydrogen (secondary N) is 1. The van der Waals surface area contributed by atoms with Crippen molar-refractivity contribution < 1.29 is 27.1 Å². The molecule has 0 spiro atoms. The van der Waals surface area contributed by atoms with Gasteiger partial charge in [0.1, 0.15) is 22.2 Å². The van der Waals surface area contributed by atoms with Gasteiger partial charge in [0.15, 0.2) is 4.91 Å². The average molecular weight is 475 g/mol. The molecule has 0 atom stereocenters. The lowest BCUT2D eigenvalue weighted by Gasteiger charge is -2.29. The molecule has 3 aromatic rings. The molecule has 0 bridgehead atoms. The van der Waals surface area contributed by atoms with Gasteiger partial charge in [0.2, 0.25) is 5.78 Å². The summed E-state index contributed by atoms with van der Waals surface area (Å²) in [7, 11) is -1.18. The van der Waals surface area contributed by atoms with Crippen LogP contribution in [0.3, 0.4) is 0 Å². The number of rotatable bonds is 6. The molecule has 4 rings (SSSR count). The van der Waals surface area contributed by atoms with Crippen molar-refractivity contribution in [1.29, 1.82) is 0 Å². The zero-order valence-electron chi connectivity index (χ0n) is 17.2. The molecule has 0 radical (unpaired) electrons. The molecule has 0 amide bonds. The number of carbonyl (C=O) groups is 1. The molecule has 1 aliphatic heterocycles. The molecule has 10 heteroatoms. The van der Waals surface area contributed by atoms with Gasteiger partial charge in [-0.2, -0.15) is 0 Å². The predicted molar refractivity (Wildman–Crippen MR) is 121 cm³/mol. The number of allylic oxidation sites excluding steroid dienone is 1. The fraction of sp³-hybridized carbons (Fsp3) is 0.136. The first-order valence-corrected chi connectivity index (χ1v) is 11.7. The molecule has 2 heterocycles. The van der Waals surface area contributed by atoms with Crippen molar-refractivity contribution >= 4 is 38.5 Å². The number of halogens is 1. The minimum atomic E-state index is -4.17. The fourth-order valence-electron chi connectivity index (χ4n) is 3.25. The van der Waals surface area contributed by atoms with Gasteiger partial charge in [-0.05, 0) is 29.1 Å². The fourth-order valence-corrected chi connectivity index (χ4v) is 5.73. The maximum Gasteiger partial charge on any atom is 0.270 e. The van der Waals surface area contributed by atoms with E-state index < -0.39 is 26.5 Å². The number of benzene rings is 2. The van der Waals surface area contributed by atoms with Crippen LogP contribution >= 0.6 is 11.3 Å². The summed E-state index contributed by atoms with van der Waals surface area (Å²) in [4.78, 5) is 12.9. The number of nitrogens with zero attached hydrogens (tertiary/aromatic N) is 1. The molecule has 0 saturated carbocycles. The maximum atomic E-state index is 13.4. The highest BCUT2D eigenvalue weighted by Gasteiger charge is 2.41. The van der Waals surface area contributed by atoms with E-state index in [-0.39, 0.29) is 6.54 Å². The number of thiophene rings is 1. The first-order chi connectivity index (χ1) is 15.3. The van der Waals surface area contributed by atoms with Gasteiger partial charge in [-0.3, -0.25) is 9.10 Å². The number of ketones is 1. The molecule has 0 saturated heterocycles. The van der Waals surface area contributed by atoms with Gasteiger partial charge in [0, 0.05) is 30.1 Å². The second-order valence-electron chi connectivity index (χ2n) is 6.86. The van der Waals surface area contributed by atoms with E-state index in [4.69, 9.17) is 9.47 Å². The zero-order chi connectivity index (χ0) is 22.9. The van der Waals surface area contributed by atoms with Gasteiger partial charge >= 0.3 is 0 Å². The summed E-state index contributed by atoms with van der Waals surface area (Å²) in [5.74, 6) is -0.00372. The monoisotopic (exact) mass is 474 g/mol. The second-order valence-corrected chi connectivity index (χ2v) is 9.60. The molecule has 7 nitrogen and oxygen atoms in total. The summed E-state index contributed by atoms with van der Waals surface area (Å²) in [6.45, 7) is -0.0377. The van der Waals surface area contributed by atoms with Gasteiger partial charge in [-0.1, -0.05) is 12.1 Å². The molecular weight excluding hydrogens is 455 g/mol. The van der Waals surface area contributed by atoms with Gasteiger partial charge < -0.3 is 14.8 Å². The Hall–Kier alpha value is -3.37. The van der Waals surface area contributed by atoms with Crippen LogP contribution in [-0.2, 0) is 16.6 Å². The van der Waals surface area contributed by atoms with Gasteiger partial charge in [-0.25, -0.2) is 12.8 Å². The van der Waals surface area contributed by atoms with Crippen molar-refractivity contribution in [3.63, 3.8) is 0 Å². The third-order valence-corrected chi connectivity index (χ3v) is 7.54. The summed E-state index contributed by atoms with van der Waals surface area (Å²) in [6.07, 6.45) is 1.17. The Labute approximate surface area is 188 Å². The van der Waals surface area contributed by atoms with Gasteiger partial charge in [0.25, 0.3) is 10.0 Å². The van der Waals surface area contributed by atoms with Crippen molar-refractivity contribution in [3.05, 3.63) is 81.3 Å². The number of hydrogen-bond acceptors (Lipinski definition) is 7. The zero-order valence-corrected chi connectivity index (χ0v) is 18.8. The molecule has 166 valence electrons. The Morgan fingerprint density at radius 3 is 2.34 bits per heavy atom. The third-order valence-electron chi connectivity index (χ3n) is 4.87. The lowest BCUT2D eigenvalue weighted by Crippen LogP contribution is -2.38. The molecule has 32 heavy (non-hydrogen) atoms. The summed E-state index contributed by atoms with van der Waals surface area (Å²) >= 11 is 1.16. The number of Topliss-reactive ketones (excluding diaryl/α,β-unsaturated/α-hetero) is 1. The summed E-state index contributed by atoms with van der Waals surface area (Å²) in [5.41, 5.74) is 1.38. The molecular formula is C22H19FN2O5S2. The van der Waals surface area contributed by atoms with Crippen LogP contribution in [0, 0.1) is 5.82 Å². The van der Waals surface area contributed by atoms with E-state index in [1.165, 1.54) is 44.7 Å². The first kappa shape index (κ1) is 21.8. The molecule has 1 aliphatic rings. The number of ether oxygens (including phenoxy) is 2. The topological polar surface area (TPSA) is 84.9 Å². The highest BCUT2D eigenvalue weighted by molar-refractivity contribution is 7.97. The molecule has 1 aromatic heterocycles. The van der Waals surface area contributed by atoms with Gasteiger partial charge in [0.05, 0.1) is 26.5 Å². The van der Waals surface area contributed by atoms with Crippen LogP contribution in [0.25, 0.3) is 0 Å². The van der Waals surface area contributed by atoms with E-state index in [0.717, 1.165) is 15.6 Å². The lowest BCUT2D eigenvalue weighted by atomic mass is 10.2. The van der Waals surface area contributed by atoms with Crippen LogP contribution < -0.4 is 19.1 Å². The van der Waals surface area contributed by atoms with Crippen molar-refractivity contribution in [3.8, 4) is 11.5 Å². The maximum absolute atomic E-state index is 13.4. The SMILES string of the molecule is COc1cc(N/C=C2/C(=O)c3sccc3N(Cc3ccc(F)cc3)S2(=O)=O)cc(OC)c1. The average Bonchev–Trinajstić information content (AvgIpc) is 3.27. The van der Waals surface area contributed by atoms with Crippen LogP contribution in [0.1, 0.15) is 15.2 Å². The Balaban J connectivity index is 1.73. The summed E-state index contributed by atoms with van der Waals surface area (Å²) in [6, 6.07) is 12.1. The van der Waals surface area contributed by atoms with E-state index in [1.807, 2.05) is 0 Å². The molecule has 0 unspecified atom stereocenters. The minimum absolute atomic E-state index is 0.0377. The molecule has 0 fully saturated rings.